The second kappa shape index (κ2) is 9.76. The molecule has 1 aromatic rings. The van der Waals surface area contributed by atoms with Crippen molar-refractivity contribution in [2.75, 3.05) is 39.0 Å². The van der Waals surface area contributed by atoms with Gasteiger partial charge in [-0.15, -0.1) is 0 Å². The number of rotatable bonds is 11. The molecule has 10 nitrogen and oxygen atoms in total. The van der Waals surface area contributed by atoms with E-state index in [4.69, 9.17) is 19.7 Å². The number of anilines is 1. The maximum absolute atomic E-state index is 11.7. The van der Waals surface area contributed by atoms with Gasteiger partial charge in [-0.3, -0.25) is 9.13 Å². The van der Waals surface area contributed by atoms with Gasteiger partial charge >= 0.3 is 13.3 Å². The van der Waals surface area contributed by atoms with Gasteiger partial charge in [0.2, 0.25) is 0 Å². The molecule has 1 heterocycles. The summed E-state index contributed by atoms with van der Waals surface area (Å²) in [5.41, 5.74) is 4.77. The fourth-order valence-electron chi connectivity index (χ4n) is 1.61. The summed E-state index contributed by atoms with van der Waals surface area (Å²) < 4.78 is 27.7. The molecule has 4 N–H and O–H groups in total. The van der Waals surface area contributed by atoms with Crippen LogP contribution in [0.1, 0.15) is 6.42 Å². The fourth-order valence-corrected chi connectivity index (χ4v) is 2.50. The minimum absolute atomic E-state index is 0.0354. The molecule has 0 amide bonds. The zero-order valence-corrected chi connectivity index (χ0v) is 13.7. The number of methoxy groups -OCH3 is 1. The lowest BCUT2D eigenvalue weighted by Gasteiger charge is -2.19. The molecule has 0 radical (unpaired) electrons. The molecule has 0 fully saturated rings. The number of hydrogen-bond donors (Lipinski definition) is 3. The highest BCUT2D eigenvalue weighted by atomic mass is 31.2. The first-order valence-corrected chi connectivity index (χ1v) is 8.65. The van der Waals surface area contributed by atoms with Crippen molar-refractivity contribution in [2.45, 2.75) is 19.1 Å². The Labute approximate surface area is 133 Å². The van der Waals surface area contributed by atoms with Crippen LogP contribution in [0.3, 0.4) is 0 Å². The summed E-state index contributed by atoms with van der Waals surface area (Å²) >= 11 is 0. The van der Waals surface area contributed by atoms with Crippen LogP contribution in [0.2, 0.25) is 0 Å². The van der Waals surface area contributed by atoms with E-state index in [0.29, 0.717) is 13.0 Å². The molecule has 0 aliphatic heterocycles. The lowest BCUT2D eigenvalue weighted by Crippen LogP contribution is -2.32. The van der Waals surface area contributed by atoms with Crippen molar-refractivity contribution in [1.29, 1.82) is 0 Å². The Balaban J connectivity index is 2.49. The van der Waals surface area contributed by atoms with Gasteiger partial charge in [-0.05, 0) is 12.5 Å². The zero-order valence-electron chi connectivity index (χ0n) is 12.8. The van der Waals surface area contributed by atoms with Gasteiger partial charge in [-0.1, -0.05) is 0 Å². The smallest absolute Gasteiger partial charge is 0.353 e. The maximum Gasteiger partial charge on any atom is 0.353 e. The second-order valence-electron chi connectivity index (χ2n) is 4.70. The summed E-state index contributed by atoms with van der Waals surface area (Å²) in [7, 11) is -2.42. The third-order valence-electron chi connectivity index (χ3n) is 2.76. The summed E-state index contributed by atoms with van der Waals surface area (Å²) in [4.78, 5) is 24.7. The van der Waals surface area contributed by atoms with Crippen LogP contribution in [0.15, 0.2) is 17.1 Å². The molecule has 2 atom stereocenters. The average Bonchev–Trinajstić information content (AvgIpc) is 2.50. The number of aliphatic hydroxyl groups is 1. The number of aromatic nitrogens is 2. The Bertz CT molecular complexity index is 580. The van der Waals surface area contributed by atoms with Crippen molar-refractivity contribution in [2.24, 2.45) is 0 Å². The van der Waals surface area contributed by atoms with Crippen molar-refractivity contribution in [3.8, 4) is 0 Å². The Morgan fingerprint density at radius 1 is 1.48 bits per heavy atom. The standard InChI is InChI=1S/C12H22N3O7P/c1-20-5-2-6-22-23(18,19)9-21-10(8-16)7-15-4-3-11(13)14-12(15)17/h3-4,10,16H,2,5-9H2,1H3,(H,18,19)(H2,13,14,17)/t10-/m0/s1. The molecular weight excluding hydrogens is 329 g/mol. The van der Waals surface area contributed by atoms with Crippen LogP contribution < -0.4 is 11.4 Å². The zero-order chi connectivity index (χ0) is 17.3. The Hall–Kier alpha value is -1.29. The number of aliphatic hydroxyl groups excluding tert-OH is 1. The average molecular weight is 351 g/mol. The molecule has 0 aromatic carbocycles. The van der Waals surface area contributed by atoms with Crippen molar-refractivity contribution in [3.63, 3.8) is 0 Å². The van der Waals surface area contributed by atoms with Gasteiger partial charge in [0.15, 0.2) is 0 Å². The minimum atomic E-state index is -3.94. The van der Waals surface area contributed by atoms with Gasteiger partial charge in [-0.2, -0.15) is 4.98 Å². The molecule has 1 rings (SSSR count). The first-order valence-electron chi connectivity index (χ1n) is 6.88. The molecule has 132 valence electrons. The molecule has 0 saturated heterocycles. The van der Waals surface area contributed by atoms with E-state index in [0.717, 1.165) is 0 Å². The topological polar surface area (TPSA) is 146 Å². The van der Waals surface area contributed by atoms with E-state index in [2.05, 4.69) is 4.98 Å². The first-order chi connectivity index (χ1) is 10.9. The van der Waals surface area contributed by atoms with Gasteiger partial charge in [0, 0.05) is 19.9 Å². The molecule has 0 saturated carbocycles. The molecule has 0 bridgehead atoms. The minimum Gasteiger partial charge on any atom is -0.394 e. The molecular formula is C12H22N3O7P. The summed E-state index contributed by atoms with van der Waals surface area (Å²) in [6, 6.07) is 1.42. The number of nitrogens with zero attached hydrogens (tertiary/aromatic N) is 2. The first kappa shape index (κ1) is 19.8. The molecule has 11 heteroatoms. The Morgan fingerprint density at radius 3 is 2.83 bits per heavy atom. The SMILES string of the molecule is COCCCOP(=O)(O)CO[C@H](CO)Cn1ccc(N)nc1=O. The molecule has 0 spiro atoms. The third-order valence-corrected chi connectivity index (χ3v) is 3.82. The van der Waals surface area contributed by atoms with E-state index in [1.54, 1.807) is 0 Å². The highest BCUT2D eigenvalue weighted by Crippen LogP contribution is 2.42. The summed E-state index contributed by atoms with van der Waals surface area (Å²) in [6.07, 6.45) is 0.414. The van der Waals surface area contributed by atoms with E-state index in [1.165, 1.54) is 23.9 Å². The van der Waals surface area contributed by atoms with Crippen LogP contribution in [0.25, 0.3) is 0 Å². The number of nitrogens with two attached hydrogens (primary N) is 1. The van der Waals surface area contributed by atoms with Gasteiger partial charge in [0.05, 0.1) is 25.9 Å². The summed E-state index contributed by atoms with van der Waals surface area (Å²) in [6.45, 7) is -0.0178. The number of hydrogen-bond acceptors (Lipinski definition) is 8. The molecule has 1 aromatic heterocycles. The van der Waals surface area contributed by atoms with Gasteiger partial charge in [0.25, 0.3) is 0 Å². The van der Waals surface area contributed by atoms with Gasteiger partial charge in [-0.25, -0.2) is 4.79 Å². The van der Waals surface area contributed by atoms with Gasteiger partial charge in [0.1, 0.15) is 12.2 Å². The highest BCUT2D eigenvalue weighted by Gasteiger charge is 2.22. The predicted molar refractivity (Wildman–Crippen MR) is 82.0 cm³/mol. The lowest BCUT2D eigenvalue weighted by atomic mass is 10.3. The Kier molecular flexibility index (Phi) is 8.38. The van der Waals surface area contributed by atoms with E-state index < -0.39 is 32.3 Å². The van der Waals surface area contributed by atoms with Crippen molar-refractivity contribution >= 4 is 13.4 Å². The quantitative estimate of drug-likeness (QED) is 0.351. The van der Waals surface area contributed by atoms with Crippen molar-refractivity contribution < 1.29 is 28.6 Å². The normalized spacial score (nSPS) is 15.3. The number of nitrogen functional groups attached to an aromatic ring is 1. The molecule has 23 heavy (non-hydrogen) atoms. The molecule has 0 aliphatic carbocycles. The van der Waals surface area contributed by atoms with Crippen LogP contribution in [0.4, 0.5) is 5.82 Å². The van der Waals surface area contributed by atoms with Crippen LogP contribution >= 0.6 is 7.60 Å². The number of ether oxygens (including phenoxy) is 2. The Morgan fingerprint density at radius 2 is 2.22 bits per heavy atom. The monoisotopic (exact) mass is 351 g/mol. The summed E-state index contributed by atoms with van der Waals surface area (Å²) in [5, 5.41) is 9.26. The highest BCUT2D eigenvalue weighted by molar-refractivity contribution is 7.52. The molecule has 1 unspecified atom stereocenters. The van der Waals surface area contributed by atoms with Crippen molar-refractivity contribution in [1.82, 2.24) is 9.55 Å². The van der Waals surface area contributed by atoms with E-state index in [9.17, 15) is 19.4 Å². The van der Waals surface area contributed by atoms with Crippen LogP contribution in [0, 0.1) is 0 Å². The van der Waals surface area contributed by atoms with Gasteiger partial charge < -0.3 is 29.7 Å². The second-order valence-corrected chi connectivity index (χ2v) is 6.50. The van der Waals surface area contributed by atoms with Crippen LogP contribution in [-0.4, -0.2) is 58.9 Å². The van der Waals surface area contributed by atoms with E-state index in [-0.39, 0.29) is 19.0 Å². The third kappa shape index (κ3) is 7.69. The molecule has 0 aliphatic rings. The maximum atomic E-state index is 11.7. The lowest BCUT2D eigenvalue weighted by molar-refractivity contribution is 0.0164. The largest absolute Gasteiger partial charge is 0.394 e. The predicted octanol–water partition coefficient (Wildman–Crippen LogP) is -0.601. The van der Waals surface area contributed by atoms with Crippen molar-refractivity contribution in [3.05, 3.63) is 22.7 Å². The van der Waals surface area contributed by atoms with Crippen LogP contribution in [0.5, 0.6) is 0 Å². The van der Waals surface area contributed by atoms with E-state index in [1.807, 2.05) is 0 Å². The fraction of sp³-hybridized carbons (Fsp3) is 0.667. The van der Waals surface area contributed by atoms with E-state index >= 15 is 0 Å². The summed E-state index contributed by atoms with van der Waals surface area (Å²) in [5.74, 6) is 0.0806. The van der Waals surface area contributed by atoms with Crippen LogP contribution in [-0.2, 0) is 25.1 Å².